The summed E-state index contributed by atoms with van der Waals surface area (Å²) in [5.74, 6) is -1.56. The van der Waals surface area contributed by atoms with E-state index in [-0.39, 0.29) is 40.8 Å². The van der Waals surface area contributed by atoms with Crippen molar-refractivity contribution in [1.82, 2.24) is 24.6 Å². The van der Waals surface area contributed by atoms with Gasteiger partial charge in [-0.2, -0.15) is 20.3 Å². The summed E-state index contributed by atoms with van der Waals surface area (Å²) in [5.41, 5.74) is 4.24. The van der Waals surface area contributed by atoms with Gasteiger partial charge in [0, 0.05) is 5.39 Å². The summed E-state index contributed by atoms with van der Waals surface area (Å²) in [5, 5.41) is 25.9. The monoisotopic (exact) mass is 667 g/mol. The molecule has 6 unspecified atom stereocenters. The molecular weight excluding hydrogens is 629 g/mol. The molecule has 0 spiro atoms. The fourth-order valence-electron chi connectivity index (χ4n) is 5.10. The third-order valence-electron chi connectivity index (χ3n) is 7.60. The number of esters is 1. The smallest absolute Gasteiger partial charge is 0.459 e. The Bertz CT molecular complexity index is 1860. The van der Waals surface area contributed by atoms with Crippen LogP contribution in [0.1, 0.15) is 40.8 Å². The molecule has 2 aromatic carbocycles. The lowest BCUT2D eigenvalue weighted by Gasteiger charge is -2.28. The maximum Gasteiger partial charge on any atom is 0.459 e. The number of carbonyl (C=O) groups is 1. The molecule has 1 aliphatic rings. The molecule has 4 N–H and O–H groups in total. The Kier molecular flexibility index (Phi) is 9.45. The molecule has 1 saturated heterocycles. The SMILES string of the molecule is COc1nc(N)nc2c1ncn2C1OC(COP(=O)(NC(C)C(=O)OCC(C)(C)C)Oc2cccc3ccccc23)C(C)(O)C1C#N. The van der Waals surface area contributed by atoms with Gasteiger partial charge in [0.25, 0.3) is 0 Å². The average Bonchev–Trinajstić information content (AvgIpc) is 3.54. The maximum absolute atomic E-state index is 14.4. The Hall–Kier alpha value is -4.32. The minimum Gasteiger partial charge on any atom is -0.479 e. The van der Waals surface area contributed by atoms with Crippen molar-refractivity contribution < 1.29 is 37.7 Å². The topological polar surface area (TPSA) is 206 Å². The zero-order valence-electron chi connectivity index (χ0n) is 26.9. The largest absolute Gasteiger partial charge is 0.479 e. The standard InChI is InChI=1S/C31H38N7O8P/c1-18(28(39)43-16-30(2,3)4)37-47(41,46-22-13-9-11-19-10-7-8-12-20(19)22)44-15-23-31(5,40)21(14-32)27(45-23)38-17-34-24-25(38)35-29(33)36-26(24)42-6/h7-13,17-18,21,23,27,40H,15-16H2,1-6H3,(H,37,41)(H2,33,35,36). The van der Waals surface area contributed by atoms with Gasteiger partial charge in [0.15, 0.2) is 17.4 Å². The number of hydrogen-bond donors (Lipinski definition) is 3. The Morgan fingerprint density at radius 2 is 1.98 bits per heavy atom. The molecule has 3 heterocycles. The van der Waals surface area contributed by atoms with Gasteiger partial charge < -0.3 is 29.6 Å². The van der Waals surface area contributed by atoms with Crippen molar-refractivity contribution in [2.24, 2.45) is 11.3 Å². The van der Waals surface area contributed by atoms with E-state index in [0.717, 1.165) is 5.39 Å². The lowest BCUT2D eigenvalue weighted by molar-refractivity contribution is -0.148. The Balaban J connectivity index is 1.43. The summed E-state index contributed by atoms with van der Waals surface area (Å²) in [6, 6.07) is 13.5. The molecule has 1 aliphatic heterocycles. The number of anilines is 1. The Morgan fingerprint density at radius 3 is 2.68 bits per heavy atom. The first-order valence-corrected chi connectivity index (χ1v) is 16.4. The van der Waals surface area contributed by atoms with Crippen molar-refractivity contribution in [2.45, 2.75) is 58.6 Å². The highest BCUT2D eigenvalue weighted by Crippen LogP contribution is 2.49. The Morgan fingerprint density at radius 1 is 1.26 bits per heavy atom. The zero-order valence-corrected chi connectivity index (χ0v) is 27.8. The van der Waals surface area contributed by atoms with E-state index in [1.807, 2.05) is 39.0 Å². The number of hydrogen-bond acceptors (Lipinski definition) is 13. The van der Waals surface area contributed by atoms with Gasteiger partial charge >= 0.3 is 13.7 Å². The molecule has 0 saturated carbocycles. The van der Waals surface area contributed by atoms with Gasteiger partial charge in [0.2, 0.25) is 11.8 Å². The van der Waals surface area contributed by atoms with E-state index in [9.17, 15) is 19.7 Å². The quantitative estimate of drug-likeness (QED) is 0.152. The average molecular weight is 668 g/mol. The van der Waals surface area contributed by atoms with Crippen molar-refractivity contribution in [3.63, 3.8) is 0 Å². The van der Waals surface area contributed by atoms with Gasteiger partial charge in [-0.3, -0.25) is 13.9 Å². The number of ether oxygens (including phenoxy) is 3. The van der Waals surface area contributed by atoms with Crippen LogP contribution in [0.2, 0.25) is 0 Å². The van der Waals surface area contributed by atoms with Crippen LogP contribution in [0.15, 0.2) is 48.8 Å². The second kappa shape index (κ2) is 13.1. The number of aromatic nitrogens is 4. The van der Waals surface area contributed by atoms with E-state index in [0.29, 0.717) is 5.39 Å². The molecule has 0 amide bonds. The number of aliphatic hydroxyl groups is 1. The summed E-state index contributed by atoms with van der Waals surface area (Å²) in [6.45, 7) is 8.25. The lowest BCUT2D eigenvalue weighted by atomic mass is 9.87. The van der Waals surface area contributed by atoms with Gasteiger partial charge in [-0.25, -0.2) is 9.55 Å². The number of methoxy groups -OCH3 is 1. The molecule has 1 fully saturated rings. The predicted octanol–water partition coefficient (Wildman–Crippen LogP) is 4.13. The van der Waals surface area contributed by atoms with Crippen LogP contribution in [0.3, 0.4) is 0 Å². The molecule has 0 bridgehead atoms. The van der Waals surface area contributed by atoms with Crippen molar-refractivity contribution in [3.05, 3.63) is 48.8 Å². The van der Waals surface area contributed by atoms with Gasteiger partial charge in [-0.15, -0.1) is 0 Å². The lowest BCUT2D eigenvalue weighted by Crippen LogP contribution is -2.43. The molecule has 5 rings (SSSR count). The van der Waals surface area contributed by atoms with Gasteiger partial charge in [-0.1, -0.05) is 57.2 Å². The van der Waals surface area contributed by atoms with Crippen molar-refractivity contribution in [2.75, 3.05) is 26.1 Å². The number of nitrogens with zero attached hydrogens (tertiary/aromatic N) is 5. The number of nitrogen functional groups attached to an aromatic ring is 1. The van der Waals surface area contributed by atoms with E-state index < -0.39 is 50.2 Å². The van der Waals surface area contributed by atoms with Crippen LogP contribution in [0.4, 0.5) is 5.95 Å². The number of benzene rings is 2. The molecule has 0 aliphatic carbocycles. The van der Waals surface area contributed by atoms with E-state index in [2.05, 4.69) is 26.1 Å². The fourth-order valence-corrected chi connectivity index (χ4v) is 6.61. The number of rotatable bonds is 11. The van der Waals surface area contributed by atoms with Crippen LogP contribution in [-0.2, 0) is 23.4 Å². The molecular formula is C31H38N7O8P. The molecule has 4 aromatic rings. The summed E-state index contributed by atoms with van der Waals surface area (Å²) in [7, 11) is -2.99. The Labute approximate surface area is 271 Å². The van der Waals surface area contributed by atoms with Crippen LogP contribution in [-0.4, -0.2) is 68.7 Å². The highest BCUT2D eigenvalue weighted by atomic mass is 31.2. The maximum atomic E-state index is 14.4. The van der Waals surface area contributed by atoms with Gasteiger partial charge in [0.1, 0.15) is 29.4 Å². The number of carbonyl (C=O) groups excluding carboxylic acids is 1. The molecule has 250 valence electrons. The minimum absolute atomic E-state index is 0.0954. The van der Waals surface area contributed by atoms with E-state index in [4.69, 9.17) is 29.0 Å². The number of nitrogens with two attached hydrogens (primary N) is 1. The molecule has 2 aromatic heterocycles. The van der Waals surface area contributed by atoms with Gasteiger partial charge in [0.05, 0.1) is 32.7 Å². The highest BCUT2D eigenvalue weighted by Gasteiger charge is 2.55. The molecule has 0 radical (unpaired) electrons. The fraction of sp³-hybridized carbons (Fsp3) is 0.452. The summed E-state index contributed by atoms with van der Waals surface area (Å²) in [4.78, 5) is 25.4. The normalized spacial score (nSPS) is 23.2. The van der Waals surface area contributed by atoms with E-state index in [1.165, 1.54) is 31.9 Å². The number of nitrogens with one attached hydrogen (secondary N) is 1. The van der Waals surface area contributed by atoms with Crippen LogP contribution in [0, 0.1) is 22.7 Å². The molecule has 15 nitrogen and oxygen atoms in total. The number of fused-ring (bicyclic) bond motifs is 2. The zero-order chi connectivity index (χ0) is 34.1. The first-order valence-electron chi connectivity index (χ1n) is 14.8. The molecule has 6 atom stereocenters. The predicted molar refractivity (Wildman–Crippen MR) is 171 cm³/mol. The highest BCUT2D eigenvalue weighted by molar-refractivity contribution is 7.52. The third kappa shape index (κ3) is 7.17. The summed E-state index contributed by atoms with van der Waals surface area (Å²) in [6.07, 6.45) is -0.938. The van der Waals surface area contributed by atoms with Crippen molar-refractivity contribution in [3.8, 4) is 17.7 Å². The number of nitriles is 1. The van der Waals surface area contributed by atoms with Crippen LogP contribution in [0.25, 0.3) is 21.9 Å². The minimum atomic E-state index is -4.39. The van der Waals surface area contributed by atoms with Crippen LogP contribution in [0.5, 0.6) is 11.6 Å². The first-order chi connectivity index (χ1) is 22.2. The van der Waals surface area contributed by atoms with Crippen molar-refractivity contribution in [1.29, 1.82) is 5.26 Å². The second-order valence-electron chi connectivity index (χ2n) is 12.6. The third-order valence-corrected chi connectivity index (χ3v) is 9.23. The van der Waals surface area contributed by atoms with Crippen LogP contribution >= 0.6 is 7.75 Å². The molecule has 47 heavy (non-hydrogen) atoms. The first kappa shape index (κ1) is 34.0. The summed E-state index contributed by atoms with van der Waals surface area (Å²) >= 11 is 0. The summed E-state index contributed by atoms with van der Waals surface area (Å²) < 4.78 is 44.6. The number of imidazole rings is 1. The van der Waals surface area contributed by atoms with Crippen LogP contribution < -0.4 is 20.1 Å². The second-order valence-corrected chi connectivity index (χ2v) is 14.3. The van der Waals surface area contributed by atoms with E-state index in [1.54, 1.807) is 24.3 Å². The molecule has 16 heteroatoms. The van der Waals surface area contributed by atoms with Crippen molar-refractivity contribution >= 4 is 41.6 Å². The van der Waals surface area contributed by atoms with E-state index >= 15 is 0 Å². The van der Waals surface area contributed by atoms with Gasteiger partial charge in [-0.05, 0) is 30.7 Å².